The zero-order valence-electron chi connectivity index (χ0n) is 11.9. The van der Waals surface area contributed by atoms with Crippen molar-refractivity contribution in [3.05, 3.63) is 34.1 Å². The molecule has 0 aromatic heterocycles. The lowest BCUT2D eigenvalue weighted by Crippen LogP contribution is -2.44. The van der Waals surface area contributed by atoms with Gasteiger partial charge in [0.15, 0.2) is 0 Å². The molecule has 1 aromatic carbocycles. The van der Waals surface area contributed by atoms with E-state index in [1.54, 1.807) is 6.07 Å². The Morgan fingerprint density at radius 2 is 2.20 bits per heavy atom. The molecular weight excluding hydrogens is 319 g/mol. The van der Waals surface area contributed by atoms with Gasteiger partial charge in [-0.15, -0.1) is 0 Å². The zero-order valence-corrected chi connectivity index (χ0v) is 13.5. The number of halogens is 2. The molecule has 4 heteroatoms. The summed E-state index contributed by atoms with van der Waals surface area (Å²) in [7, 11) is 0. The molecule has 110 valence electrons. The van der Waals surface area contributed by atoms with Crippen LogP contribution in [0.5, 0.6) is 0 Å². The number of nitrogens with zero attached hydrogens (tertiary/aromatic N) is 1. The first kappa shape index (κ1) is 14.5. The van der Waals surface area contributed by atoms with E-state index in [1.807, 2.05) is 12.1 Å². The monoisotopic (exact) mass is 340 g/mol. The predicted molar refractivity (Wildman–Crippen MR) is 83.3 cm³/mol. The largest absolute Gasteiger partial charge is 0.312 e. The van der Waals surface area contributed by atoms with Crippen LogP contribution in [0.25, 0.3) is 0 Å². The Hall–Kier alpha value is -0.450. The van der Waals surface area contributed by atoms with E-state index in [4.69, 9.17) is 0 Å². The van der Waals surface area contributed by atoms with Gasteiger partial charge in [0.05, 0.1) is 4.47 Å². The quantitative estimate of drug-likeness (QED) is 0.898. The molecule has 2 saturated heterocycles. The van der Waals surface area contributed by atoms with Crippen LogP contribution in [0.4, 0.5) is 4.39 Å². The number of hydrogen-bond donors (Lipinski definition) is 1. The minimum absolute atomic E-state index is 0.184. The summed E-state index contributed by atoms with van der Waals surface area (Å²) >= 11 is 3.30. The average molecular weight is 341 g/mol. The normalized spacial score (nSPS) is 28.9. The number of likely N-dealkylation sites (tertiary alicyclic amines) is 1. The third kappa shape index (κ3) is 2.78. The van der Waals surface area contributed by atoms with Crippen molar-refractivity contribution in [1.82, 2.24) is 10.2 Å². The molecule has 0 aliphatic carbocycles. The molecule has 2 heterocycles. The van der Waals surface area contributed by atoms with Crippen LogP contribution in [-0.2, 0) is 0 Å². The van der Waals surface area contributed by atoms with Crippen LogP contribution in [0, 0.1) is 5.82 Å². The summed E-state index contributed by atoms with van der Waals surface area (Å²) in [5.74, 6) is -0.184. The van der Waals surface area contributed by atoms with E-state index in [1.165, 1.54) is 31.2 Å². The van der Waals surface area contributed by atoms with Crippen molar-refractivity contribution in [1.29, 1.82) is 0 Å². The van der Waals surface area contributed by atoms with Crippen LogP contribution in [0.2, 0.25) is 0 Å². The number of rotatable bonds is 3. The van der Waals surface area contributed by atoms with Gasteiger partial charge in [-0.05, 0) is 79.3 Å². The first-order chi connectivity index (χ1) is 9.66. The molecule has 3 unspecified atom stereocenters. The van der Waals surface area contributed by atoms with E-state index in [0.717, 1.165) is 13.1 Å². The standard InChI is InChI=1S/C16H22BrFN2/c1-11(12-6-7-14(18)13(17)10-12)20-9-3-5-16(20)15-4-2-8-19-15/h6-7,10-11,15-16,19H,2-5,8-9H2,1H3. The SMILES string of the molecule is CC(c1ccc(F)c(Br)c1)N1CCCC1C1CCCN1. The molecule has 1 aromatic rings. The van der Waals surface area contributed by atoms with Crippen molar-refractivity contribution < 1.29 is 4.39 Å². The van der Waals surface area contributed by atoms with Crippen LogP contribution < -0.4 is 5.32 Å². The maximum Gasteiger partial charge on any atom is 0.137 e. The summed E-state index contributed by atoms with van der Waals surface area (Å²) in [4.78, 5) is 2.60. The first-order valence-electron chi connectivity index (χ1n) is 7.61. The van der Waals surface area contributed by atoms with E-state index >= 15 is 0 Å². The van der Waals surface area contributed by atoms with Crippen molar-refractivity contribution in [3.63, 3.8) is 0 Å². The van der Waals surface area contributed by atoms with Crippen LogP contribution in [0.1, 0.15) is 44.2 Å². The topological polar surface area (TPSA) is 15.3 Å². The maximum absolute atomic E-state index is 13.4. The van der Waals surface area contributed by atoms with E-state index in [-0.39, 0.29) is 5.82 Å². The smallest absolute Gasteiger partial charge is 0.137 e. The molecule has 2 aliphatic heterocycles. The molecule has 0 amide bonds. The lowest BCUT2D eigenvalue weighted by Gasteiger charge is -2.34. The van der Waals surface area contributed by atoms with Crippen LogP contribution in [0.15, 0.2) is 22.7 Å². The summed E-state index contributed by atoms with van der Waals surface area (Å²) in [5.41, 5.74) is 1.20. The summed E-state index contributed by atoms with van der Waals surface area (Å²) < 4.78 is 14.0. The van der Waals surface area contributed by atoms with E-state index in [9.17, 15) is 4.39 Å². The van der Waals surface area contributed by atoms with E-state index in [0.29, 0.717) is 22.6 Å². The highest BCUT2D eigenvalue weighted by Gasteiger charge is 2.35. The lowest BCUT2D eigenvalue weighted by molar-refractivity contribution is 0.163. The van der Waals surface area contributed by atoms with Crippen molar-refractivity contribution in [2.24, 2.45) is 0 Å². The van der Waals surface area contributed by atoms with Crippen LogP contribution >= 0.6 is 15.9 Å². The molecule has 20 heavy (non-hydrogen) atoms. The van der Waals surface area contributed by atoms with Gasteiger partial charge in [-0.3, -0.25) is 4.90 Å². The Kier molecular flexibility index (Phi) is 4.43. The Balaban J connectivity index is 1.77. The second-order valence-electron chi connectivity index (χ2n) is 6.00. The number of benzene rings is 1. The van der Waals surface area contributed by atoms with Crippen molar-refractivity contribution in [2.75, 3.05) is 13.1 Å². The summed E-state index contributed by atoms with van der Waals surface area (Å²) in [6.45, 7) is 4.55. The minimum Gasteiger partial charge on any atom is -0.312 e. The fraction of sp³-hybridized carbons (Fsp3) is 0.625. The molecule has 0 radical (unpaired) electrons. The Morgan fingerprint density at radius 3 is 2.90 bits per heavy atom. The van der Waals surface area contributed by atoms with Gasteiger partial charge in [-0.2, -0.15) is 0 Å². The van der Waals surface area contributed by atoms with Crippen LogP contribution in [-0.4, -0.2) is 30.1 Å². The predicted octanol–water partition coefficient (Wildman–Crippen LogP) is 3.87. The molecule has 2 aliphatic rings. The van der Waals surface area contributed by atoms with Crippen molar-refractivity contribution in [3.8, 4) is 0 Å². The van der Waals surface area contributed by atoms with E-state index in [2.05, 4.69) is 33.1 Å². The van der Waals surface area contributed by atoms with Gasteiger partial charge in [-0.1, -0.05) is 6.07 Å². The highest BCUT2D eigenvalue weighted by molar-refractivity contribution is 9.10. The van der Waals surface area contributed by atoms with Crippen molar-refractivity contribution >= 4 is 15.9 Å². The summed E-state index contributed by atoms with van der Waals surface area (Å²) in [5, 5.41) is 3.64. The maximum atomic E-state index is 13.4. The highest BCUT2D eigenvalue weighted by Crippen LogP contribution is 2.33. The Morgan fingerprint density at radius 1 is 1.35 bits per heavy atom. The average Bonchev–Trinajstić information content (AvgIpc) is 3.10. The van der Waals surface area contributed by atoms with Gasteiger partial charge in [-0.25, -0.2) is 4.39 Å². The molecule has 3 rings (SSSR count). The number of hydrogen-bond acceptors (Lipinski definition) is 2. The van der Waals surface area contributed by atoms with Gasteiger partial charge in [0.2, 0.25) is 0 Å². The second-order valence-corrected chi connectivity index (χ2v) is 6.85. The van der Waals surface area contributed by atoms with Gasteiger partial charge in [0.1, 0.15) is 5.82 Å². The highest BCUT2D eigenvalue weighted by atomic mass is 79.9. The fourth-order valence-electron chi connectivity index (χ4n) is 3.73. The van der Waals surface area contributed by atoms with Gasteiger partial charge >= 0.3 is 0 Å². The Bertz CT molecular complexity index is 474. The molecule has 1 N–H and O–H groups in total. The summed E-state index contributed by atoms with van der Waals surface area (Å²) in [6.07, 6.45) is 5.15. The lowest BCUT2D eigenvalue weighted by atomic mass is 10.0. The second kappa shape index (κ2) is 6.12. The fourth-order valence-corrected chi connectivity index (χ4v) is 4.13. The van der Waals surface area contributed by atoms with Gasteiger partial charge in [0.25, 0.3) is 0 Å². The third-order valence-electron chi connectivity index (χ3n) is 4.83. The molecular formula is C16H22BrFN2. The minimum atomic E-state index is -0.184. The number of nitrogens with one attached hydrogen (secondary N) is 1. The van der Waals surface area contributed by atoms with Crippen LogP contribution in [0.3, 0.4) is 0 Å². The van der Waals surface area contributed by atoms with E-state index < -0.39 is 0 Å². The molecule has 2 fully saturated rings. The Labute approximate surface area is 128 Å². The first-order valence-corrected chi connectivity index (χ1v) is 8.40. The van der Waals surface area contributed by atoms with Crippen molar-refractivity contribution in [2.45, 2.75) is 50.7 Å². The molecule has 3 atom stereocenters. The zero-order chi connectivity index (χ0) is 14.1. The third-order valence-corrected chi connectivity index (χ3v) is 5.44. The molecule has 0 bridgehead atoms. The summed E-state index contributed by atoms with van der Waals surface area (Å²) in [6, 6.07) is 7.04. The van der Waals surface area contributed by atoms with Gasteiger partial charge < -0.3 is 5.32 Å². The molecule has 0 spiro atoms. The van der Waals surface area contributed by atoms with Gasteiger partial charge in [0, 0.05) is 18.1 Å². The molecule has 2 nitrogen and oxygen atoms in total. The molecule has 0 saturated carbocycles.